The number of rotatable bonds is 5. The van der Waals surface area contributed by atoms with Crippen LogP contribution in [0, 0.1) is 0 Å². The fraction of sp³-hybridized carbons (Fsp3) is 0.188. The van der Waals surface area contributed by atoms with E-state index in [0.717, 1.165) is 40.0 Å². The summed E-state index contributed by atoms with van der Waals surface area (Å²) in [6.45, 7) is 2.81. The van der Waals surface area contributed by atoms with Crippen molar-refractivity contribution in [3.8, 4) is 17.2 Å². The Balaban J connectivity index is 1.17. The standard InChI is InChI=1S/C32H26N2O5/c1-2-21-7-3-5-9-25(21)33-30(35)22-13-11-20(12-14-22)17-34-26-10-6-4-8-23(26)32(31(34)36)18-37-27-16-29-28(15-24(27)32)38-19-39-29/h3-16H,2,17-19H2,1H3,(H,33,35). The molecule has 1 N–H and O–H groups in total. The second-order valence-electron chi connectivity index (χ2n) is 9.97. The van der Waals surface area contributed by atoms with Gasteiger partial charge in [0.25, 0.3) is 5.91 Å². The van der Waals surface area contributed by atoms with Gasteiger partial charge in [0.2, 0.25) is 12.7 Å². The molecular formula is C32H26N2O5. The molecule has 4 aromatic carbocycles. The number of aryl methyl sites for hydroxylation is 1. The molecule has 4 aromatic rings. The predicted octanol–water partition coefficient (Wildman–Crippen LogP) is 5.46. The molecule has 3 aliphatic heterocycles. The minimum absolute atomic E-state index is 0.0423. The first kappa shape index (κ1) is 23.3. The van der Waals surface area contributed by atoms with Gasteiger partial charge < -0.3 is 24.4 Å². The third-order valence-corrected chi connectivity index (χ3v) is 7.85. The summed E-state index contributed by atoms with van der Waals surface area (Å²) in [5.74, 6) is 1.69. The van der Waals surface area contributed by atoms with Crippen LogP contribution in [0.4, 0.5) is 11.4 Å². The zero-order valence-corrected chi connectivity index (χ0v) is 21.4. The van der Waals surface area contributed by atoms with Gasteiger partial charge in [-0.15, -0.1) is 0 Å². The largest absolute Gasteiger partial charge is 0.491 e. The van der Waals surface area contributed by atoms with E-state index in [4.69, 9.17) is 14.2 Å². The average molecular weight is 519 g/mol. The van der Waals surface area contributed by atoms with Crippen LogP contribution in [-0.4, -0.2) is 25.2 Å². The van der Waals surface area contributed by atoms with Gasteiger partial charge in [0, 0.05) is 28.6 Å². The highest BCUT2D eigenvalue weighted by atomic mass is 16.7. The molecule has 0 aliphatic carbocycles. The Morgan fingerprint density at radius 2 is 1.62 bits per heavy atom. The zero-order chi connectivity index (χ0) is 26.6. The van der Waals surface area contributed by atoms with Gasteiger partial charge in [-0.2, -0.15) is 0 Å². The summed E-state index contributed by atoms with van der Waals surface area (Å²) in [6.07, 6.45) is 0.834. The molecule has 1 atom stereocenters. The number of carbonyl (C=O) groups is 2. The number of amides is 2. The summed E-state index contributed by atoms with van der Waals surface area (Å²) in [7, 11) is 0. The van der Waals surface area contributed by atoms with Crippen LogP contribution in [0.5, 0.6) is 17.2 Å². The molecule has 7 rings (SSSR count). The van der Waals surface area contributed by atoms with Gasteiger partial charge in [0.1, 0.15) is 17.8 Å². The van der Waals surface area contributed by atoms with Gasteiger partial charge in [0.15, 0.2) is 11.5 Å². The predicted molar refractivity (Wildman–Crippen MR) is 147 cm³/mol. The molecular weight excluding hydrogens is 492 g/mol. The SMILES string of the molecule is CCc1ccccc1NC(=O)c1ccc(CN2C(=O)C3(COc4cc5c(cc43)OCO5)c3ccccc32)cc1. The van der Waals surface area contributed by atoms with Crippen LogP contribution in [0.2, 0.25) is 0 Å². The lowest BCUT2D eigenvalue weighted by molar-refractivity contribution is -0.122. The van der Waals surface area contributed by atoms with Crippen molar-refractivity contribution in [3.63, 3.8) is 0 Å². The summed E-state index contributed by atoms with van der Waals surface area (Å²) in [4.78, 5) is 28.9. The molecule has 0 radical (unpaired) electrons. The van der Waals surface area contributed by atoms with Crippen molar-refractivity contribution in [2.45, 2.75) is 25.3 Å². The third kappa shape index (κ3) is 3.57. The van der Waals surface area contributed by atoms with E-state index in [0.29, 0.717) is 29.4 Å². The molecule has 0 saturated heterocycles. The van der Waals surface area contributed by atoms with Gasteiger partial charge >= 0.3 is 0 Å². The Morgan fingerprint density at radius 3 is 2.44 bits per heavy atom. The molecule has 2 amide bonds. The van der Waals surface area contributed by atoms with E-state index in [1.807, 2.05) is 77.7 Å². The number of anilines is 2. The summed E-state index contributed by atoms with van der Waals surface area (Å²) >= 11 is 0. The topological polar surface area (TPSA) is 77.1 Å². The van der Waals surface area contributed by atoms with Crippen LogP contribution in [0.3, 0.4) is 0 Å². The van der Waals surface area contributed by atoms with Crippen LogP contribution in [0.25, 0.3) is 0 Å². The van der Waals surface area contributed by atoms with Gasteiger partial charge in [-0.05, 0) is 53.4 Å². The minimum Gasteiger partial charge on any atom is -0.491 e. The number of para-hydroxylation sites is 2. The van der Waals surface area contributed by atoms with Crippen LogP contribution >= 0.6 is 0 Å². The molecule has 0 saturated carbocycles. The van der Waals surface area contributed by atoms with Crippen LogP contribution < -0.4 is 24.4 Å². The first-order valence-electron chi connectivity index (χ1n) is 13.0. The van der Waals surface area contributed by atoms with E-state index in [1.54, 1.807) is 12.1 Å². The molecule has 0 fully saturated rings. The Hall–Kier alpha value is -4.78. The van der Waals surface area contributed by atoms with Gasteiger partial charge in [0.05, 0.1) is 6.54 Å². The number of carbonyl (C=O) groups excluding carboxylic acids is 2. The summed E-state index contributed by atoms with van der Waals surface area (Å²) < 4.78 is 17.2. The lowest BCUT2D eigenvalue weighted by Crippen LogP contribution is -2.42. The maximum atomic E-state index is 14.2. The Morgan fingerprint density at radius 1 is 0.872 bits per heavy atom. The summed E-state index contributed by atoms with van der Waals surface area (Å²) in [6, 6.07) is 26.8. The Labute approximate surface area is 225 Å². The van der Waals surface area contributed by atoms with Crippen molar-refractivity contribution in [1.29, 1.82) is 0 Å². The van der Waals surface area contributed by atoms with Gasteiger partial charge in [-0.1, -0.05) is 55.5 Å². The Kier molecular flexibility index (Phi) is 5.33. The molecule has 7 heteroatoms. The quantitative estimate of drug-likeness (QED) is 0.380. The van der Waals surface area contributed by atoms with E-state index < -0.39 is 5.41 Å². The van der Waals surface area contributed by atoms with E-state index in [1.165, 1.54) is 0 Å². The molecule has 0 bridgehead atoms. The monoisotopic (exact) mass is 518 g/mol. The number of nitrogens with zero attached hydrogens (tertiary/aromatic N) is 1. The average Bonchev–Trinajstić information content (AvgIpc) is 3.65. The van der Waals surface area contributed by atoms with Crippen molar-refractivity contribution in [2.24, 2.45) is 0 Å². The second kappa shape index (κ2) is 8.91. The normalized spacial score (nSPS) is 18.2. The summed E-state index contributed by atoms with van der Waals surface area (Å²) in [5.41, 5.74) is 5.01. The van der Waals surface area contributed by atoms with Crippen molar-refractivity contribution in [3.05, 3.63) is 113 Å². The molecule has 1 unspecified atom stereocenters. The number of fused-ring (bicyclic) bond motifs is 5. The van der Waals surface area contributed by atoms with Crippen molar-refractivity contribution in [1.82, 2.24) is 0 Å². The number of ether oxygens (including phenoxy) is 3. The molecule has 3 aliphatic rings. The van der Waals surface area contributed by atoms with E-state index in [9.17, 15) is 9.59 Å². The van der Waals surface area contributed by atoms with E-state index in [2.05, 4.69) is 12.2 Å². The number of hydrogen-bond acceptors (Lipinski definition) is 5. The molecule has 0 aromatic heterocycles. The first-order valence-corrected chi connectivity index (χ1v) is 13.0. The smallest absolute Gasteiger partial charge is 0.255 e. The summed E-state index contributed by atoms with van der Waals surface area (Å²) in [5, 5.41) is 3.01. The highest BCUT2D eigenvalue weighted by molar-refractivity contribution is 6.11. The molecule has 39 heavy (non-hydrogen) atoms. The molecule has 1 spiro atoms. The lowest BCUT2D eigenvalue weighted by atomic mass is 9.77. The third-order valence-electron chi connectivity index (χ3n) is 7.85. The van der Waals surface area contributed by atoms with Crippen LogP contribution in [0.15, 0.2) is 84.9 Å². The van der Waals surface area contributed by atoms with Crippen LogP contribution in [-0.2, 0) is 23.2 Å². The maximum Gasteiger partial charge on any atom is 0.255 e. The maximum absolute atomic E-state index is 14.2. The Bertz CT molecular complexity index is 1630. The molecule has 194 valence electrons. The number of nitrogens with one attached hydrogen (secondary N) is 1. The zero-order valence-electron chi connectivity index (χ0n) is 21.4. The molecule has 3 heterocycles. The molecule has 7 nitrogen and oxygen atoms in total. The van der Waals surface area contributed by atoms with Gasteiger partial charge in [-0.3, -0.25) is 9.59 Å². The lowest BCUT2D eigenvalue weighted by Gasteiger charge is -2.23. The van der Waals surface area contributed by atoms with Crippen LogP contribution in [0.1, 0.15) is 39.5 Å². The van der Waals surface area contributed by atoms with Crippen molar-refractivity contribution < 1.29 is 23.8 Å². The van der Waals surface area contributed by atoms with Crippen molar-refractivity contribution in [2.75, 3.05) is 23.6 Å². The minimum atomic E-state index is -0.945. The fourth-order valence-electron chi connectivity index (χ4n) is 5.81. The van der Waals surface area contributed by atoms with Crippen molar-refractivity contribution >= 4 is 23.2 Å². The highest BCUT2D eigenvalue weighted by Gasteiger charge is 2.57. The van der Waals surface area contributed by atoms with E-state index in [-0.39, 0.29) is 25.2 Å². The van der Waals surface area contributed by atoms with E-state index >= 15 is 0 Å². The van der Waals surface area contributed by atoms with Gasteiger partial charge in [-0.25, -0.2) is 0 Å². The number of benzene rings is 4. The number of hydrogen-bond donors (Lipinski definition) is 1. The first-order chi connectivity index (χ1) is 19.1. The highest BCUT2D eigenvalue weighted by Crippen LogP contribution is 2.55. The second-order valence-corrected chi connectivity index (χ2v) is 9.97. The fourth-order valence-corrected chi connectivity index (χ4v) is 5.81.